The van der Waals surface area contributed by atoms with Crippen molar-refractivity contribution < 1.29 is 4.74 Å². The molecule has 1 atom stereocenters. The van der Waals surface area contributed by atoms with Gasteiger partial charge >= 0.3 is 0 Å². The largest absolute Gasteiger partial charge is 0.426 e. The Morgan fingerprint density at radius 1 is 0.767 bits per heavy atom. The minimum atomic E-state index is 0.438. The Balaban J connectivity index is 1.47. The van der Waals surface area contributed by atoms with Gasteiger partial charge in [-0.05, 0) is 46.3 Å². The van der Waals surface area contributed by atoms with Gasteiger partial charge in [-0.3, -0.25) is 0 Å². The van der Waals surface area contributed by atoms with Gasteiger partial charge in [-0.2, -0.15) is 4.98 Å². The van der Waals surface area contributed by atoms with Crippen molar-refractivity contribution in [2.75, 3.05) is 0 Å². The summed E-state index contributed by atoms with van der Waals surface area (Å²) in [7, 11) is 2.66. The highest BCUT2D eigenvalue weighted by molar-refractivity contribution is 7.27. The van der Waals surface area contributed by atoms with Gasteiger partial charge in [0.1, 0.15) is 5.75 Å². The zero-order valence-corrected chi connectivity index (χ0v) is 17.9. The van der Waals surface area contributed by atoms with Crippen LogP contribution in [-0.2, 0) is 0 Å². The molecule has 0 radical (unpaired) electrons. The molecule has 1 heterocycles. The number of fused-ring (bicyclic) bond motifs is 1. The van der Waals surface area contributed by atoms with Crippen molar-refractivity contribution >= 4 is 37.2 Å². The van der Waals surface area contributed by atoms with E-state index < -0.39 is 0 Å². The maximum atomic E-state index is 6.59. The number of nitrogens with one attached hydrogen (secondary N) is 1. The third kappa shape index (κ3) is 3.82. The van der Waals surface area contributed by atoms with E-state index in [0.29, 0.717) is 11.0 Å². The zero-order valence-electron chi connectivity index (χ0n) is 16.0. The Hall–Kier alpha value is -3.13. The second-order valence-corrected chi connectivity index (χ2v) is 8.08. The fourth-order valence-electron chi connectivity index (χ4n) is 3.44. The van der Waals surface area contributed by atoms with Crippen molar-refractivity contribution in [2.45, 2.75) is 0 Å². The summed E-state index contributed by atoms with van der Waals surface area (Å²) >= 11 is 6.59. The van der Waals surface area contributed by atoms with E-state index in [4.69, 9.17) is 16.3 Å². The van der Waals surface area contributed by atoms with Crippen LogP contribution in [0, 0.1) is 0 Å². The number of imidazole rings is 1. The average molecular weight is 429 g/mol. The van der Waals surface area contributed by atoms with Crippen molar-refractivity contribution in [3.8, 4) is 34.0 Å². The van der Waals surface area contributed by atoms with Crippen LogP contribution in [0.5, 0.6) is 11.8 Å². The minimum absolute atomic E-state index is 0.438. The summed E-state index contributed by atoms with van der Waals surface area (Å²) in [5.74, 6) is 0.726. The molecule has 5 heteroatoms. The monoisotopic (exact) mass is 428 g/mol. The Bertz CT molecular complexity index is 1330. The van der Waals surface area contributed by atoms with Crippen LogP contribution in [0.1, 0.15) is 0 Å². The summed E-state index contributed by atoms with van der Waals surface area (Å²) in [6, 6.07) is 30.8. The van der Waals surface area contributed by atoms with Crippen LogP contribution in [0.3, 0.4) is 0 Å². The lowest BCUT2D eigenvalue weighted by atomic mass is 10.00. The first-order valence-corrected chi connectivity index (χ1v) is 10.5. The third-order valence-electron chi connectivity index (χ3n) is 4.92. The van der Waals surface area contributed by atoms with Crippen molar-refractivity contribution in [1.29, 1.82) is 0 Å². The molecule has 4 aromatic carbocycles. The van der Waals surface area contributed by atoms with Gasteiger partial charge in [-0.25, -0.2) is 0 Å². The SMILES string of the molecule is Pc1cccc(Oc2nc3cc(-c4ccc(-c5ccccc5)cc4)c(Cl)cc3[nH]2)c1. The number of aromatic amines is 1. The summed E-state index contributed by atoms with van der Waals surface area (Å²) in [5, 5.41) is 1.71. The predicted octanol–water partition coefficient (Wildman–Crippen LogP) is 6.84. The molecule has 0 saturated carbocycles. The molecular weight excluding hydrogens is 411 g/mol. The van der Waals surface area contributed by atoms with Crippen molar-refractivity contribution in [3.05, 3.63) is 96.0 Å². The summed E-state index contributed by atoms with van der Waals surface area (Å²) in [4.78, 5) is 7.78. The van der Waals surface area contributed by atoms with Gasteiger partial charge in [0.2, 0.25) is 0 Å². The third-order valence-corrected chi connectivity index (χ3v) is 5.60. The van der Waals surface area contributed by atoms with Crippen LogP contribution < -0.4 is 10.0 Å². The number of hydrogen-bond acceptors (Lipinski definition) is 2. The maximum absolute atomic E-state index is 6.59. The van der Waals surface area contributed by atoms with E-state index >= 15 is 0 Å². The van der Waals surface area contributed by atoms with Crippen LogP contribution >= 0.6 is 20.8 Å². The summed E-state index contributed by atoms with van der Waals surface area (Å²) < 4.78 is 5.87. The van der Waals surface area contributed by atoms with Gasteiger partial charge in [-0.15, -0.1) is 9.24 Å². The van der Waals surface area contributed by atoms with E-state index in [-0.39, 0.29) is 0 Å². The molecule has 5 aromatic rings. The molecule has 5 rings (SSSR count). The number of ether oxygens (including phenoxy) is 1. The normalized spacial score (nSPS) is 11.0. The molecule has 1 unspecified atom stereocenters. The number of benzene rings is 4. The van der Waals surface area contributed by atoms with Gasteiger partial charge in [0.25, 0.3) is 6.01 Å². The molecule has 0 aliphatic rings. The van der Waals surface area contributed by atoms with Gasteiger partial charge < -0.3 is 9.72 Å². The van der Waals surface area contributed by atoms with E-state index in [1.165, 1.54) is 11.1 Å². The zero-order chi connectivity index (χ0) is 20.5. The van der Waals surface area contributed by atoms with Crippen LogP contribution in [0.2, 0.25) is 5.02 Å². The molecule has 3 nitrogen and oxygen atoms in total. The Kier molecular flexibility index (Phi) is 5.00. The first kappa shape index (κ1) is 18.9. The van der Waals surface area contributed by atoms with Crippen molar-refractivity contribution in [2.24, 2.45) is 0 Å². The van der Waals surface area contributed by atoms with E-state index in [0.717, 1.165) is 33.2 Å². The first-order chi connectivity index (χ1) is 14.7. The molecule has 0 aliphatic carbocycles. The lowest BCUT2D eigenvalue weighted by molar-refractivity contribution is 0.450. The molecule has 0 fully saturated rings. The molecule has 0 amide bonds. The molecule has 146 valence electrons. The summed E-state index contributed by atoms with van der Waals surface area (Å²) in [6.07, 6.45) is 0. The van der Waals surface area contributed by atoms with Gasteiger partial charge in [-0.1, -0.05) is 78.3 Å². The Morgan fingerprint density at radius 3 is 2.27 bits per heavy atom. The van der Waals surface area contributed by atoms with Gasteiger partial charge in [0, 0.05) is 5.56 Å². The quantitative estimate of drug-likeness (QED) is 0.318. The van der Waals surface area contributed by atoms with Crippen LogP contribution in [-0.4, -0.2) is 9.97 Å². The Morgan fingerprint density at radius 2 is 1.50 bits per heavy atom. The average Bonchev–Trinajstić information content (AvgIpc) is 3.15. The van der Waals surface area contributed by atoms with E-state index in [9.17, 15) is 0 Å². The highest BCUT2D eigenvalue weighted by Gasteiger charge is 2.11. The van der Waals surface area contributed by atoms with Crippen LogP contribution in [0.25, 0.3) is 33.3 Å². The van der Waals surface area contributed by atoms with E-state index in [2.05, 4.69) is 55.6 Å². The van der Waals surface area contributed by atoms with Crippen molar-refractivity contribution in [1.82, 2.24) is 9.97 Å². The van der Waals surface area contributed by atoms with Gasteiger partial charge in [0.15, 0.2) is 0 Å². The predicted molar refractivity (Wildman–Crippen MR) is 128 cm³/mol. The minimum Gasteiger partial charge on any atom is -0.426 e. The van der Waals surface area contributed by atoms with Crippen LogP contribution in [0.15, 0.2) is 91.0 Å². The number of aromatic nitrogens is 2. The molecule has 0 saturated heterocycles. The van der Waals surface area contributed by atoms with Crippen molar-refractivity contribution in [3.63, 3.8) is 0 Å². The highest BCUT2D eigenvalue weighted by Crippen LogP contribution is 2.34. The first-order valence-electron chi connectivity index (χ1n) is 9.54. The van der Waals surface area contributed by atoms with E-state index in [1.54, 1.807) is 0 Å². The second kappa shape index (κ2) is 7.95. The lowest BCUT2D eigenvalue weighted by Gasteiger charge is -2.07. The molecule has 1 aromatic heterocycles. The molecular formula is C25H18ClN2OP. The topological polar surface area (TPSA) is 37.9 Å². The number of hydrogen-bond donors (Lipinski definition) is 1. The number of rotatable bonds is 4. The van der Waals surface area contributed by atoms with Crippen LogP contribution in [0.4, 0.5) is 0 Å². The molecule has 0 aliphatic heterocycles. The highest BCUT2D eigenvalue weighted by atomic mass is 35.5. The maximum Gasteiger partial charge on any atom is 0.300 e. The molecule has 0 spiro atoms. The van der Waals surface area contributed by atoms with E-state index in [1.807, 2.05) is 54.6 Å². The number of halogens is 1. The number of nitrogens with zero attached hydrogens (tertiary/aromatic N) is 1. The summed E-state index contributed by atoms with van der Waals surface area (Å²) in [5.41, 5.74) is 5.98. The summed E-state index contributed by atoms with van der Waals surface area (Å²) in [6.45, 7) is 0. The fourth-order valence-corrected chi connectivity index (χ4v) is 3.99. The molecule has 0 bridgehead atoms. The molecule has 30 heavy (non-hydrogen) atoms. The Labute approximate surface area is 181 Å². The number of H-pyrrole nitrogens is 1. The standard InChI is InChI=1S/C25H18ClN2OP/c26-22-15-24-23(27-25(28-24)29-19-7-4-8-20(30)13-19)14-21(22)18-11-9-17(10-12-18)16-5-2-1-3-6-16/h1-15H,30H2,(H,27,28). The fraction of sp³-hybridized carbons (Fsp3) is 0. The van der Waals surface area contributed by atoms with Gasteiger partial charge in [0.05, 0.1) is 16.1 Å². The smallest absolute Gasteiger partial charge is 0.300 e. The molecule has 1 N–H and O–H groups in total. The lowest BCUT2D eigenvalue weighted by Crippen LogP contribution is -1.92. The second-order valence-electron chi connectivity index (χ2n) is 7.01.